The Balaban J connectivity index is 1.67. The van der Waals surface area contributed by atoms with Crippen molar-refractivity contribution in [3.63, 3.8) is 0 Å². The molecule has 0 N–H and O–H groups in total. The van der Waals surface area contributed by atoms with Gasteiger partial charge in [0.2, 0.25) is 11.9 Å². The monoisotopic (exact) mass is 556 g/mol. The molecule has 0 aromatic carbocycles. The van der Waals surface area contributed by atoms with Crippen molar-refractivity contribution in [2.75, 3.05) is 29.7 Å². The van der Waals surface area contributed by atoms with Crippen LogP contribution < -0.4 is 9.80 Å². The van der Waals surface area contributed by atoms with Gasteiger partial charge in [-0.15, -0.1) is 0 Å². The molecule has 0 aliphatic carbocycles. The Morgan fingerprint density at radius 2 is 0.927 bits per heavy atom. The molecular weight excluding hydrogens is 524 g/mol. The lowest BCUT2D eigenvalue weighted by Crippen LogP contribution is -2.41. The number of nitrogens with zero attached hydrogens (tertiary/aromatic N) is 16. The fraction of sp³-hybridized carbons (Fsp3) is 0.440. The molecule has 0 saturated carbocycles. The number of hydrogen-bond acceptors (Lipinski definition) is 16. The van der Waals surface area contributed by atoms with Crippen molar-refractivity contribution in [3.8, 4) is 0 Å². The van der Waals surface area contributed by atoms with Crippen LogP contribution in [-0.2, 0) is 0 Å². The van der Waals surface area contributed by atoms with E-state index in [1.165, 1.54) is 0 Å². The van der Waals surface area contributed by atoms with Gasteiger partial charge in [0.1, 0.15) is 53.3 Å². The Kier molecular flexibility index (Phi) is 9.11. The predicted octanol–water partition coefficient (Wildman–Crippen LogP) is 1.64. The standard InChI is InChI=1S/C25H32N16/c1-14-28-15(2)33-22(32-14)11-26-12-41(25-38-20(7)31-21(8)39-25)13-40(24-36-18(5)30-19(6)37-24)10-9-27-23-34-16(3)29-17(4)35-23/h9,11H,10,12-13H2,1-8H3/b26-11+,27-9+. The first-order chi connectivity index (χ1) is 19.5. The van der Waals surface area contributed by atoms with Gasteiger partial charge in [0, 0.05) is 6.21 Å². The first-order valence-corrected chi connectivity index (χ1v) is 12.8. The molecule has 4 heterocycles. The number of anilines is 2. The molecule has 0 atom stereocenters. The minimum Gasteiger partial charge on any atom is -0.318 e. The van der Waals surface area contributed by atoms with Crippen LogP contribution in [0.25, 0.3) is 0 Å². The van der Waals surface area contributed by atoms with Gasteiger partial charge in [-0.25, -0.2) is 34.9 Å². The molecule has 212 valence electrons. The summed E-state index contributed by atoms with van der Waals surface area (Å²) < 4.78 is 0. The van der Waals surface area contributed by atoms with E-state index in [-0.39, 0.29) is 13.3 Å². The minimum atomic E-state index is 0.190. The van der Waals surface area contributed by atoms with Crippen LogP contribution in [0.3, 0.4) is 0 Å². The Labute approximate surface area is 237 Å². The van der Waals surface area contributed by atoms with Gasteiger partial charge >= 0.3 is 0 Å². The summed E-state index contributed by atoms with van der Waals surface area (Å²) in [6.45, 7) is 15.3. The molecule has 4 rings (SSSR count). The largest absolute Gasteiger partial charge is 0.318 e. The zero-order valence-corrected chi connectivity index (χ0v) is 24.4. The van der Waals surface area contributed by atoms with Crippen LogP contribution >= 0.6 is 0 Å². The maximum atomic E-state index is 4.60. The highest BCUT2D eigenvalue weighted by atomic mass is 15.4. The summed E-state index contributed by atoms with van der Waals surface area (Å²) >= 11 is 0. The zero-order chi connectivity index (χ0) is 29.5. The SMILES string of the molecule is Cc1nc(C)nc(/C=N/CN(CN(C/C=N/c2nc(C)nc(C)n2)c2nc(C)nc(C)n2)c2nc(C)nc(C)n2)n1. The molecule has 4 aromatic heterocycles. The summed E-state index contributed by atoms with van der Waals surface area (Å²) in [6, 6.07) is 0. The van der Waals surface area contributed by atoms with Crippen LogP contribution in [-0.4, -0.2) is 92.1 Å². The molecule has 16 nitrogen and oxygen atoms in total. The quantitative estimate of drug-likeness (QED) is 0.203. The average Bonchev–Trinajstić information content (AvgIpc) is 2.85. The highest BCUT2D eigenvalue weighted by molar-refractivity contribution is 5.74. The van der Waals surface area contributed by atoms with E-state index in [4.69, 9.17) is 0 Å². The van der Waals surface area contributed by atoms with Crippen molar-refractivity contribution in [2.24, 2.45) is 9.98 Å². The smallest absolute Gasteiger partial charge is 0.252 e. The Hall–Kier alpha value is -5.02. The molecule has 4 aromatic rings. The van der Waals surface area contributed by atoms with E-state index >= 15 is 0 Å². The lowest BCUT2D eigenvalue weighted by molar-refractivity contribution is 0.709. The molecular formula is C25H32N16. The van der Waals surface area contributed by atoms with E-state index in [1.54, 1.807) is 26.3 Å². The van der Waals surface area contributed by atoms with Crippen LogP contribution in [0.2, 0.25) is 0 Å². The Morgan fingerprint density at radius 3 is 1.41 bits per heavy atom. The van der Waals surface area contributed by atoms with Crippen LogP contribution in [0.1, 0.15) is 52.4 Å². The third-order valence-electron chi connectivity index (χ3n) is 5.29. The summed E-state index contributed by atoms with van der Waals surface area (Å²) in [5.74, 6) is 6.49. The van der Waals surface area contributed by atoms with Crippen molar-refractivity contribution in [3.05, 3.63) is 52.4 Å². The average molecular weight is 557 g/mol. The van der Waals surface area contributed by atoms with E-state index in [0.717, 1.165) is 0 Å². The summed E-state index contributed by atoms with van der Waals surface area (Å²) in [4.78, 5) is 65.4. The van der Waals surface area contributed by atoms with Gasteiger partial charge in [-0.2, -0.15) is 29.9 Å². The molecule has 0 radical (unpaired) electrons. The topological polar surface area (TPSA) is 186 Å². The van der Waals surface area contributed by atoms with E-state index < -0.39 is 0 Å². The Bertz CT molecular complexity index is 1390. The van der Waals surface area contributed by atoms with Crippen molar-refractivity contribution in [1.82, 2.24) is 59.8 Å². The second-order valence-corrected chi connectivity index (χ2v) is 9.15. The highest BCUT2D eigenvalue weighted by Crippen LogP contribution is 2.14. The van der Waals surface area contributed by atoms with E-state index in [9.17, 15) is 0 Å². The third kappa shape index (κ3) is 8.48. The van der Waals surface area contributed by atoms with Crippen LogP contribution in [0.15, 0.2) is 9.98 Å². The number of hydrogen-bond donors (Lipinski definition) is 0. The van der Waals surface area contributed by atoms with Crippen LogP contribution in [0, 0.1) is 55.4 Å². The van der Waals surface area contributed by atoms with Crippen LogP contribution in [0.4, 0.5) is 17.8 Å². The van der Waals surface area contributed by atoms with Crippen molar-refractivity contribution in [2.45, 2.75) is 55.4 Å². The Morgan fingerprint density at radius 1 is 0.512 bits per heavy atom. The molecule has 0 aliphatic rings. The molecule has 16 heteroatoms. The maximum absolute atomic E-state index is 4.60. The number of aryl methyl sites for hydroxylation is 8. The fourth-order valence-corrected chi connectivity index (χ4v) is 3.86. The molecule has 0 spiro atoms. The molecule has 0 amide bonds. The first kappa shape index (κ1) is 29.0. The van der Waals surface area contributed by atoms with Gasteiger partial charge in [0.05, 0.1) is 19.4 Å². The molecule has 41 heavy (non-hydrogen) atoms. The van der Waals surface area contributed by atoms with Gasteiger partial charge < -0.3 is 9.80 Å². The lowest BCUT2D eigenvalue weighted by Gasteiger charge is -2.29. The number of aliphatic imine (C=N–C) groups is 2. The second kappa shape index (κ2) is 12.9. The van der Waals surface area contributed by atoms with Crippen molar-refractivity contribution >= 4 is 30.3 Å². The number of rotatable bonds is 10. The van der Waals surface area contributed by atoms with Crippen LogP contribution in [0.5, 0.6) is 0 Å². The van der Waals surface area contributed by atoms with E-state index in [0.29, 0.717) is 76.8 Å². The normalized spacial score (nSPS) is 11.5. The second-order valence-electron chi connectivity index (χ2n) is 9.15. The third-order valence-corrected chi connectivity index (χ3v) is 5.29. The molecule has 0 aliphatic heterocycles. The summed E-state index contributed by atoms with van der Waals surface area (Å²) in [5, 5.41) is 0. The number of aromatic nitrogens is 12. The summed E-state index contributed by atoms with van der Waals surface area (Å²) in [5.41, 5.74) is 0. The van der Waals surface area contributed by atoms with E-state index in [2.05, 4.69) is 69.8 Å². The zero-order valence-electron chi connectivity index (χ0n) is 24.4. The van der Waals surface area contributed by atoms with Crippen molar-refractivity contribution in [1.29, 1.82) is 0 Å². The summed E-state index contributed by atoms with van der Waals surface area (Å²) in [7, 11) is 0. The fourth-order valence-electron chi connectivity index (χ4n) is 3.86. The minimum absolute atomic E-state index is 0.190. The molecule has 0 saturated heterocycles. The molecule has 0 bridgehead atoms. The first-order valence-electron chi connectivity index (χ1n) is 12.8. The van der Waals surface area contributed by atoms with Crippen molar-refractivity contribution < 1.29 is 0 Å². The molecule has 0 unspecified atom stereocenters. The lowest BCUT2D eigenvalue weighted by atomic mass is 10.5. The van der Waals surface area contributed by atoms with Gasteiger partial charge in [-0.1, -0.05) is 0 Å². The van der Waals surface area contributed by atoms with Gasteiger partial charge in [-0.3, -0.25) is 4.99 Å². The predicted molar refractivity (Wildman–Crippen MR) is 153 cm³/mol. The van der Waals surface area contributed by atoms with Gasteiger partial charge in [0.15, 0.2) is 5.82 Å². The summed E-state index contributed by atoms with van der Waals surface area (Å²) in [6.07, 6.45) is 3.30. The molecule has 0 fully saturated rings. The van der Waals surface area contributed by atoms with E-state index in [1.807, 2.05) is 51.3 Å². The maximum Gasteiger partial charge on any atom is 0.252 e. The van der Waals surface area contributed by atoms with Gasteiger partial charge in [-0.05, 0) is 55.4 Å². The van der Waals surface area contributed by atoms with Gasteiger partial charge in [0.25, 0.3) is 5.95 Å². The highest BCUT2D eigenvalue weighted by Gasteiger charge is 2.18.